The number of pyridine rings is 1. The first kappa shape index (κ1) is 21.1. The van der Waals surface area contributed by atoms with Crippen LogP contribution in [0, 0.1) is 17.2 Å². The van der Waals surface area contributed by atoms with Crippen molar-refractivity contribution in [3.63, 3.8) is 0 Å². The topological polar surface area (TPSA) is 57.9 Å². The molecule has 2 heterocycles. The molecule has 158 valence electrons. The third-order valence-corrected chi connectivity index (χ3v) is 5.98. The molecule has 0 unspecified atom stereocenters. The Morgan fingerprint density at radius 2 is 1.71 bits per heavy atom. The van der Waals surface area contributed by atoms with Crippen molar-refractivity contribution >= 4 is 0 Å². The summed E-state index contributed by atoms with van der Waals surface area (Å²) in [6, 6.07) is 20.6. The molecule has 4 nitrogen and oxygen atoms in total. The van der Waals surface area contributed by atoms with E-state index in [2.05, 4.69) is 55.6 Å². The van der Waals surface area contributed by atoms with Gasteiger partial charge in [0.25, 0.3) is 0 Å². The Hall–Kier alpha value is -3.16. The number of nitrogens with zero attached hydrogens (tertiary/aromatic N) is 2. The predicted octanol–water partition coefficient (Wildman–Crippen LogP) is 5.79. The third-order valence-electron chi connectivity index (χ3n) is 5.98. The normalized spacial score (nSPS) is 14.4. The van der Waals surface area contributed by atoms with Crippen LogP contribution in [0.4, 0.5) is 0 Å². The fraction of sp³-hybridized carbons (Fsp3) is 0.333. The molecule has 1 N–H and O–H groups in total. The SMILES string of the molecule is CC(C)c1ccc(-c2ncc(OCC3CCNCC3)cc2-c2ccc(C#N)cc2)cc1. The summed E-state index contributed by atoms with van der Waals surface area (Å²) < 4.78 is 6.15. The summed E-state index contributed by atoms with van der Waals surface area (Å²) >= 11 is 0. The van der Waals surface area contributed by atoms with Gasteiger partial charge in [0, 0.05) is 11.1 Å². The van der Waals surface area contributed by atoms with Gasteiger partial charge >= 0.3 is 0 Å². The van der Waals surface area contributed by atoms with Crippen LogP contribution in [0.1, 0.15) is 43.7 Å². The maximum atomic E-state index is 9.15. The molecule has 0 amide bonds. The maximum Gasteiger partial charge on any atom is 0.138 e. The lowest BCUT2D eigenvalue weighted by Gasteiger charge is -2.23. The van der Waals surface area contributed by atoms with Crippen molar-refractivity contribution in [2.75, 3.05) is 19.7 Å². The summed E-state index contributed by atoms with van der Waals surface area (Å²) in [5.74, 6) is 1.87. The number of ether oxygens (including phenoxy) is 1. The molecule has 0 saturated carbocycles. The van der Waals surface area contributed by atoms with Gasteiger partial charge in [-0.2, -0.15) is 5.26 Å². The molecule has 3 aromatic rings. The fourth-order valence-electron chi connectivity index (χ4n) is 3.99. The molecule has 4 rings (SSSR count). The number of nitrogens with one attached hydrogen (secondary N) is 1. The largest absolute Gasteiger partial charge is 0.492 e. The maximum absolute atomic E-state index is 9.15. The van der Waals surface area contributed by atoms with E-state index in [1.807, 2.05) is 30.5 Å². The van der Waals surface area contributed by atoms with Crippen LogP contribution in [0.2, 0.25) is 0 Å². The van der Waals surface area contributed by atoms with Crippen LogP contribution in [0.25, 0.3) is 22.4 Å². The van der Waals surface area contributed by atoms with Crippen LogP contribution in [-0.2, 0) is 0 Å². The highest BCUT2D eigenvalue weighted by Gasteiger charge is 2.16. The molecule has 31 heavy (non-hydrogen) atoms. The second-order valence-electron chi connectivity index (χ2n) is 8.54. The smallest absolute Gasteiger partial charge is 0.138 e. The van der Waals surface area contributed by atoms with E-state index in [-0.39, 0.29) is 0 Å². The first-order valence-electron chi connectivity index (χ1n) is 11.1. The summed E-state index contributed by atoms with van der Waals surface area (Å²) in [5, 5.41) is 12.6. The molecule has 1 fully saturated rings. The first-order valence-corrected chi connectivity index (χ1v) is 11.1. The van der Waals surface area contributed by atoms with Crippen LogP contribution in [-0.4, -0.2) is 24.7 Å². The van der Waals surface area contributed by atoms with Crippen molar-refractivity contribution in [2.24, 2.45) is 5.92 Å². The van der Waals surface area contributed by atoms with Crippen LogP contribution in [0.5, 0.6) is 5.75 Å². The number of rotatable bonds is 6. The molecule has 1 saturated heterocycles. The monoisotopic (exact) mass is 411 g/mol. The van der Waals surface area contributed by atoms with Gasteiger partial charge in [-0.25, -0.2) is 0 Å². The Morgan fingerprint density at radius 1 is 1.03 bits per heavy atom. The minimum atomic E-state index is 0.491. The van der Waals surface area contributed by atoms with Gasteiger partial charge in [0.2, 0.25) is 0 Å². The van der Waals surface area contributed by atoms with E-state index in [9.17, 15) is 0 Å². The van der Waals surface area contributed by atoms with E-state index in [1.54, 1.807) is 0 Å². The zero-order chi connectivity index (χ0) is 21.6. The first-order chi connectivity index (χ1) is 15.1. The van der Waals surface area contributed by atoms with Gasteiger partial charge in [-0.15, -0.1) is 0 Å². The molecule has 1 aliphatic rings. The van der Waals surface area contributed by atoms with E-state index < -0.39 is 0 Å². The zero-order valence-corrected chi connectivity index (χ0v) is 18.3. The standard InChI is InChI=1S/C27H29N3O/c1-19(2)22-7-9-24(10-8-22)27-26(23-5-3-20(16-28)4-6-23)15-25(17-30-27)31-18-21-11-13-29-14-12-21/h3-10,15,17,19,21,29H,11-14,18H2,1-2H3. The molecular weight excluding hydrogens is 382 g/mol. The van der Waals surface area contributed by atoms with Crippen molar-refractivity contribution in [1.82, 2.24) is 10.3 Å². The Kier molecular flexibility index (Phi) is 6.64. The van der Waals surface area contributed by atoms with Gasteiger partial charge in [-0.3, -0.25) is 4.98 Å². The van der Waals surface area contributed by atoms with Crippen molar-refractivity contribution < 1.29 is 4.74 Å². The molecule has 4 heteroatoms. The van der Waals surface area contributed by atoms with Crippen molar-refractivity contribution in [3.8, 4) is 34.2 Å². The van der Waals surface area contributed by atoms with E-state index >= 15 is 0 Å². The second-order valence-corrected chi connectivity index (χ2v) is 8.54. The summed E-state index contributed by atoms with van der Waals surface area (Å²) in [7, 11) is 0. The molecule has 2 aromatic carbocycles. The van der Waals surface area contributed by atoms with Crippen LogP contribution in [0.15, 0.2) is 60.8 Å². The van der Waals surface area contributed by atoms with E-state index in [1.165, 1.54) is 5.56 Å². The number of hydrogen-bond acceptors (Lipinski definition) is 4. The van der Waals surface area contributed by atoms with E-state index in [0.29, 0.717) is 17.4 Å². The lowest BCUT2D eigenvalue weighted by Crippen LogP contribution is -2.30. The van der Waals surface area contributed by atoms with Crippen LogP contribution in [0.3, 0.4) is 0 Å². The van der Waals surface area contributed by atoms with Crippen molar-refractivity contribution in [3.05, 3.63) is 71.9 Å². The highest BCUT2D eigenvalue weighted by Crippen LogP contribution is 2.34. The summed E-state index contributed by atoms with van der Waals surface area (Å²) in [6.45, 7) is 7.24. The molecule has 0 atom stereocenters. The Labute approximate surface area is 184 Å². The van der Waals surface area contributed by atoms with Crippen molar-refractivity contribution in [1.29, 1.82) is 5.26 Å². The summed E-state index contributed by atoms with van der Waals surface area (Å²) in [5.41, 5.74) is 6.01. The van der Waals surface area contributed by atoms with Crippen LogP contribution >= 0.6 is 0 Å². The van der Waals surface area contributed by atoms with Gasteiger partial charge in [0.15, 0.2) is 0 Å². The minimum absolute atomic E-state index is 0.491. The molecule has 0 aliphatic carbocycles. The Bertz CT molecular complexity index is 1040. The molecule has 0 radical (unpaired) electrons. The lowest BCUT2D eigenvalue weighted by molar-refractivity contribution is 0.215. The summed E-state index contributed by atoms with van der Waals surface area (Å²) in [6.07, 6.45) is 4.13. The number of benzene rings is 2. The molecule has 0 spiro atoms. The van der Waals surface area contributed by atoms with Gasteiger partial charge in [-0.1, -0.05) is 50.2 Å². The number of piperidine rings is 1. The van der Waals surface area contributed by atoms with Crippen molar-refractivity contribution in [2.45, 2.75) is 32.6 Å². The molecular formula is C27H29N3O. The van der Waals surface area contributed by atoms with E-state index in [0.717, 1.165) is 60.7 Å². The minimum Gasteiger partial charge on any atom is -0.492 e. The fourth-order valence-corrected chi connectivity index (χ4v) is 3.99. The number of hydrogen-bond donors (Lipinski definition) is 1. The quantitative estimate of drug-likeness (QED) is 0.558. The second kappa shape index (κ2) is 9.76. The van der Waals surface area contributed by atoms with Gasteiger partial charge in [-0.05, 0) is 67.1 Å². The summed E-state index contributed by atoms with van der Waals surface area (Å²) in [4.78, 5) is 4.80. The third kappa shape index (κ3) is 5.13. The number of aromatic nitrogens is 1. The number of nitriles is 1. The van der Waals surface area contributed by atoms with Gasteiger partial charge < -0.3 is 10.1 Å². The highest BCUT2D eigenvalue weighted by molar-refractivity contribution is 5.81. The van der Waals surface area contributed by atoms with Gasteiger partial charge in [0.05, 0.1) is 30.1 Å². The Balaban J connectivity index is 1.66. The average Bonchev–Trinajstić information content (AvgIpc) is 2.83. The van der Waals surface area contributed by atoms with Gasteiger partial charge in [0.1, 0.15) is 5.75 Å². The highest BCUT2D eigenvalue weighted by atomic mass is 16.5. The zero-order valence-electron chi connectivity index (χ0n) is 18.3. The Morgan fingerprint density at radius 3 is 2.35 bits per heavy atom. The predicted molar refractivity (Wildman–Crippen MR) is 125 cm³/mol. The van der Waals surface area contributed by atoms with E-state index in [4.69, 9.17) is 15.0 Å². The molecule has 0 bridgehead atoms. The average molecular weight is 412 g/mol. The molecule has 1 aliphatic heterocycles. The lowest BCUT2D eigenvalue weighted by atomic mass is 9.96. The van der Waals surface area contributed by atoms with Crippen LogP contribution < -0.4 is 10.1 Å². The molecule has 1 aromatic heterocycles.